The Bertz CT molecular complexity index is 1470. The van der Waals surface area contributed by atoms with Gasteiger partial charge in [0, 0.05) is 11.1 Å². The second-order valence-corrected chi connectivity index (χ2v) is 7.59. The number of nitrogens with zero attached hydrogens (tertiary/aromatic N) is 4. The third kappa shape index (κ3) is 3.33. The monoisotopic (exact) mass is 423 g/mol. The van der Waals surface area contributed by atoms with Gasteiger partial charge in [-0.15, -0.1) is 10.2 Å². The van der Waals surface area contributed by atoms with E-state index in [-0.39, 0.29) is 5.78 Å². The summed E-state index contributed by atoms with van der Waals surface area (Å²) in [5.74, 6) is 1.92. The fourth-order valence-electron chi connectivity index (χ4n) is 3.80. The number of carbonyl (C=O) groups is 1. The van der Waals surface area contributed by atoms with Gasteiger partial charge in [-0.25, -0.2) is 4.98 Å². The molecule has 2 aromatic heterocycles. The zero-order valence-electron chi connectivity index (χ0n) is 18.0. The first-order chi connectivity index (χ1) is 15.5. The molecule has 0 bridgehead atoms. The Morgan fingerprint density at radius 1 is 0.938 bits per heavy atom. The minimum Gasteiger partial charge on any atom is -0.495 e. The second kappa shape index (κ2) is 7.77. The molecule has 0 amide bonds. The van der Waals surface area contributed by atoms with Crippen LogP contribution in [0.15, 0.2) is 66.7 Å². The van der Waals surface area contributed by atoms with Crippen molar-refractivity contribution in [1.29, 1.82) is 0 Å². The molecule has 5 aromatic rings. The Labute approximate surface area is 184 Å². The maximum atomic E-state index is 13.0. The molecule has 0 saturated carbocycles. The average molecular weight is 423 g/mol. The third-order valence-corrected chi connectivity index (χ3v) is 5.39. The van der Waals surface area contributed by atoms with Crippen molar-refractivity contribution in [2.45, 2.75) is 13.8 Å². The van der Waals surface area contributed by atoms with E-state index in [0.29, 0.717) is 34.2 Å². The van der Waals surface area contributed by atoms with Crippen molar-refractivity contribution in [2.24, 2.45) is 0 Å². The maximum Gasteiger partial charge on any atom is 0.204 e. The number of hydrogen-bond donors (Lipinski definition) is 1. The van der Waals surface area contributed by atoms with E-state index in [0.717, 1.165) is 22.3 Å². The quantitative estimate of drug-likeness (QED) is 0.406. The summed E-state index contributed by atoms with van der Waals surface area (Å²) in [6.45, 7) is 3.89. The van der Waals surface area contributed by atoms with Crippen molar-refractivity contribution >= 4 is 34.0 Å². The lowest BCUT2D eigenvalue weighted by atomic mass is 10.0. The average Bonchev–Trinajstić information content (AvgIpc) is 3.21. The molecule has 7 nitrogen and oxygen atoms in total. The van der Waals surface area contributed by atoms with E-state index in [1.165, 1.54) is 0 Å². The summed E-state index contributed by atoms with van der Waals surface area (Å²) in [7, 11) is 1.63. The Hall–Kier alpha value is -4.26. The molecule has 0 aliphatic rings. The number of methoxy groups -OCH3 is 1. The molecule has 0 spiro atoms. The molecule has 0 unspecified atom stereocenters. The first-order valence-corrected chi connectivity index (χ1v) is 10.2. The van der Waals surface area contributed by atoms with Crippen molar-refractivity contribution in [3.8, 4) is 5.75 Å². The predicted octanol–water partition coefficient (Wildman–Crippen LogP) is 4.88. The van der Waals surface area contributed by atoms with Crippen molar-refractivity contribution in [2.75, 3.05) is 12.4 Å². The molecule has 0 saturated heterocycles. The Morgan fingerprint density at radius 2 is 1.75 bits per heavy atom. The second-order valence-electron chi connectivity index (χ2n) is 7.59. The predicted molar refractivity (Wildman–Crippen MR) is 124 cm³/mol. The zero-order valence-corrected chi connectivity index (χ0v) is 18.0. The van der Waals surface area contributed by atoms with Crippen molar-refractivity contribution in [3.63, 3.8) is 0 Å². The number of benzene rings is 3. The summed E-state index contributed by atoms with van der Waals surface area (Å²) in [5, 5.41) is 11.9. The molecule has 1 N–H and O–H groups in total. The Kier molecular flexibility index (Phi) is 4.78. The van der Waals surface area contributed by atoms with Crippen molar-refractivity contribution < 1.29 is 9.53 Å². The molecule has 2 heterocycles. The normalized spacial score (nSPS) is 11.1. The molecule has 0 radical (unpaired) electrons. The number of carbonyl (C=O) groups excluding carboxylic acids is 1. The van der Waals surface area contributed by atoms with E-state index < -0.39 is 0 Å². The van der Waals surface area contributed by atoms with Crippen LogP contribution in [-0.2, 0) is 0 Å². The zero-order chi connectivity index (χ0) is 22.2. The number of anilines is 2. The molecular formula is C25H21N5O2. The van der Waals surface area contributed by atoms with E-state index in [4.69, 9.17) is 9.72 Å². The molecule has 3 aromatic carbocycles. The summed E-state index contributed by atoms with van der Waals surface area (Å²) in [6.07, 6.45) is 0. The molecule has 0 fully saturated rings. The van der Waals surface area contributed by atoms with Gasteiger partial charge in [0.05, 0.1) is 23.8 Å². The number of nitrogens with one attached hydrogen (secondary N) is 1. The maximum absolute atomic E-state index is 13.0. The summed E-state index contributed by atoms with van der Waals surface area (Å²) in [5.41, 5.74) is 5.17. The van der Waals surface area contributed by atoms with Crippen LogP contribution in [-0.4, -0.2) is 32.5 Å². The molecule has 5 rings (SSSR count). The lowest BCUT2D eigenvalue weighted by molar-refractivity contribution is 0.103. The van der Waals surface area contributed by atoms with Gasteiger partial charge in [-0.3, -0.25) is 9.20 Å². The standard InChI is InChI=1S/C25H21N5O2/c1-15-9-12-22(32-3)20(13-15)27-24-25-29-28-16(2)30(25)21-14-18(10-11-19(21)26-24)23(31)17-7-5-4-6-8-17/h4-14H,1-3H3,(H,26,27). The van der Waals surface area contributed by atoms with Crippen LogP contribution in [0.2, 0.25) is 0 Å². The minimum absolute atomic E-state index is 0.0434. The number of fused-ring (bicyclic) bond motifs is 3. The number of aromatic nitrogens is 4. The highest BCUT2D eigenvalue weighted by Crippen LogP contribution is 2.31. The van der Waals surface area contributed by atoms with E-state index in [2.05, 4.69) is 15.5 Å². The SMILES string of the molecule is COc1ccc(C)cc1Nc1nc2ccc(C(=O)c3ccccc3)cc2n2c(C)nnc12. The van der Waals surface area contributed by atoms with Crippen LogP contribution in [0.4, 0.5) is 11.5 Å². The Balaban J connectivity index is 1.66. The summed E-state index contributed by atoms with van der Waals surface area (Å²) in [6, 6.07) is 20.6. The minimum atomic E-state index is -0.0434. The number of hydrogen-bond acceptors (Lipinski definition) is 6. The van der Waals surface area contributed by atoms with E-state index >= 15 is 0 Å². The molecule has 32 heavy (non-hydrogen) atoms. The molecule has 0 atom stereocenters. The number of aryl methyl sites for hydroxylation is 2. The largest absolute Gasteiger partial charge is 0.495 e. The van der Waals surface area contributed by atoms with Crippen molar-refractivity contribution in [3.05, 3.63) is 89.2 Å². The number of rotatable bonds is 5. The number of ketones is 1. The van der Waals surface area contributed by atoms with E-state index in [9.17, 15) is 4.79 Å². The highest BCUT2D eigenvalue weighted by atomic mass is 16.5. The van der Waals surface area contributed by atoms with Gasteiger partial charge in [-0.1, -0.05) is 36.4 Å². The molecule has 0 aliphatic heterocycles. The van der Waals surface area contributed by atoms with Gasteiger partial charge in [-0.2, -0.15) is 0 Å². The highest BCUT2D eigenvalue weighted by molar-refractivity contribution is 6.10. The fourth-order valence-corrected chi connectivity index (χ4v) is 3.80. The summed E-state index contributed by atoms with van der Waals surface area (Å²) >= 11 is 0. The van der Waals surface area contributed by atoms with Crippen LogP contribution in [0.25, 0.3) is 16.7 Å². The fraction of sp³-hybridized carbons (Fsp3) is 0.120. The van der Waals surface area contributed by atoms with Crippen LogP contribution in [0.1, 0.15) is 27.3 Å². The summed E-state index contributed by atoms with van der Waals surface area (Å²) in [4.78, 5) is 17.8. The van der Waals surface area contributed by atoms with Gasteiger partial charge in [0.1, 0.15) is 11.6 Å². The van der Waals surface area contributed by atoms with Crippen LogP contribution in [0.5, 0.6) is 5.75 Å². The van der Waals surface area contributed by atoms with Gasteiger partial charge in [-0.05, 0) is 49.7 Å². The van der Waals surface area contributed by atoms with Gasteiger partial charge < -0.3 is 10.1 Å². The van der Waals surface area contributed by atoms with Crippen LogP contribution >= 0.6 is 0 Å². The smallest absolute Gasteiger partial charge is 0.204 e. The molecular weight excluding hydrogens is 402 g/mol. The number of ether oxygens (including phenoxy) is 1. The van der Waals surface area contributed by atoms with E-state index in [1.54, 1.807) is 13.2 Å². The van der Waals surface area contributed by atoms with Gasteiger partial charge in [0.2, 0.25) is 5.65 Å². The third-order valence-electron chi connectivity index (χ3n) is 5.39. The topological polar surface area (TPSA) is 81.4 Å². The lowest BCUT2D eigenvalue weighted by Crippen LogP contribution is -2.05. The summed E-state index contributed by atoms with van der Waals surface area (Å²) < 4.78 is 7.40. The van der Waals surface area contributed by atoms with E-state index in [1.807, 2.05) is 78.9 Å². The van der Waals surface area contributed by atoms with Gasteiger partial charge in [0.25, 0.3) is 0 Å². The van der Waals surface area contributed by atoms with Gasteiger partial charge >= 0.3 is 0 Å². The van der Waals surface area contributed by atoms with Gasteiger partial charge in [0.15, 0.2) is 11.6 Å². The molecule has 0 aliphatic carbocycles. The molecule has 7 heteroatoms. The first kappa shape index (κ1) is 19.7. The first-order valence-electron chi connectivity index (χ1n) is 10.2. The Morgan fingerprint density at radius 3 is 2.53 bits per heavy atom. The van der Waals surface area contributed by atoms with Crippen molar-refractivity contribution in [1.82, 2.24) is 19.6 Å². The highest BCUT2D eigenvalue weighted by Gasteiger charge is 2.17. The lowest BCUT2D eigenvalue weighted by Gasteiger charge is -2.13. The van der Waals surface area contributed by atoms with Crippen LogP contribution < -0.4 is 10.1 Å². The van der Waals surface area contributed by atoms with Crippen LogP contribution in [0.3, 0.4) is 0 Å². The molecule has 158 valence electrons. The van der Waals surface area contributed by atoms with Crippen LogP contribution in [0, 0.1) is 13.8 Å².